The second-order valence-electron chi connectivity index (χ2n) is 5.10. The fourth-order valence-corrected chi connectivity index (χ4v) is 3.24. The summed E-state index contributed by atoms with van der Waals surface area (Å²) in [6.07, 6.45) is 0.388. The zero-order chi connectivity index (χ0) is 14.9. The van der Waals surface area contributed by atoms with E-state index in [-0.39, 0.29) is 5.78 Å². The third-order valence-corrected chi connectivity index (χ3v) is 4.22. The Labute approximate surface area is 133 Å². The Balaban J connectivity index is 2.33. The van der Waals surface area contributed by atoms with Gasteiger partial charge in [-0.05, 0) is 55.7 Å². The van der Waals surface area contributed by atoms with E-state index < -0.39 is 0 Å². The topological polar surface area (TPSA) is 17.1 Å². The monoisotopic (exact) mass is 350 g/mol. The normalized spacial score (nSPS) is 10.7. The molecule has 0 N–H and O–H groups in total. The summed E-state index contributed by atoms with van der Waals surface area (Å²) < 4.78 is 0.877. The van der Waals surface area contributed by atoms with Crippen molar-refractivity contribution in [1.82, 2.24) is 0 Å². The minimum atomic E-state index is 0.0533. The van der Waals surface area contributed by atoms with Gasteiger partial charge in [-0.25, -0.2) is 0 Å². The lowest BCUT2D eigenvalue weighted by atomic mass is 9.94. The molecule has 0 aliphatic heterocycles. The quantitative estimate of drug-likeness (QED) is 0.672. The van der Waals surface area contributed by atoms with E-state index in [2.05, 4.69) is 35.0 Å². The van der Waals surface area contributed by atoms with Gasteiger partial charge in [-0.3, -0.25) is 4.79 Å². The molecule has 0 heterocycles. The van der Waals surface area contributed by atoms with Crippen LogP contribution in [0.15, 0.2) is 34.8 Å². The van der Waals surface area contributed by atoms with Gasteiger partial charge in [0, 0.05) is 16.5 Å². The minimum absolute atomic E-state index is 0.0533. The second kappa shape index (κ2) is 6.11. The van der Waals surface area contributed by atoms with Crippen molar-refractivity contribution in [2.24, 2.45) is 0 Å². The maximum absolute atomic E-state index is 12.4. The Kier molecular flexibility index (Phi) is 4.66. The highest BCUT2D eigenvalue weighted by Crippen LogP contribution is 2.24. The fourth-order valence-electron chi connectivity index (χ4n) is 2.46. The molecule has 2 aromatic carbocycles. The Morgan fingerprint density at radius 3 is 2.25 bits per heavy atom. The first kappa shape index (κ1) is 15.3. The average Bonchev–Trinajstić information content (AvgIpc) is 2.33. The molecule has 104 valence electrons. The maximum atomic E-state index is 12.4. The lowest BCUT2D eigenvalue weighted by Crippen LogP contribution is -2.07. The van der Waals surface area contributed by atoms with Crippen molar-refractivity contribution in [1.29, 1.82) is 0 Å². The van der Waals surface area contributed by atoms with Gasteiger partial charge in [0.05, 0.1) is 5.02 Å². The van der Waals surface area contributed by atoms with Crippen molar-refractivity contribution in [2.45, 2.75) is 27.2 Å². The van der Waals surface area contributed by atoms with Crippen molar-refractivity contribution in [2.75, 3.05) is 0 Å². The highest BCUT2D eigenvalue weighted by atomic mass is 79.9. The first-order valence-electron chi connectivity index (χ1n) is 6.43. The zero-order valence-corrected chi connectivity index (χ0v) is 14.1. The molecular formula is C17H16BrClO. The predicted molar refractivity (Wildman–Crippen MR) is 87.8 cm³/mol. The van der Waals surface area contributed by atoms with Crippen LogP contribution in [0, 0.1) is 20.8 Å². The Morgan fingerprint density at radius 2 is 1.70 bits per heavy atom. The van der Waals surface area contributed by atoms with Gasteiger partial charge in [-0.15, -0.1) is 0 Å². The molecule has 20 heavy (non-hydrogen) atoms. The van der Waals surface area contributed by atoms with Crippen LogP contribution in [-0.4, -0.2) is 5.78 Å². The highest BCUT2D eigenvalue weighted by Gasteiger charge is 2.14. The summed E-state index contributed by atoms with van der Waals surface area (Å²) in [5.41, 5.74) is 5.21. The van der Waals surface area contributed by atoms with Crippen LogP contribution < -0.4 is 0 Å². The van der Waals surface area contributed by atoms with Crippen LogP contribution in [0.1, 0.15) is 32.6 Å². The summed E-state index contributed by atoms with van der Waals surface area (Å²) in [5, 5.41) is 0.492. The van der Waals surface area contributed by atoms with E-state index in [0.717, 1.165) is 21.2 Å². The molecule has 2 aromatic rings. The van der Waals surface area contributed by atoms with Crippen molar-refractivity contribution < 1.29 is 4.79 Å². The van der Waals surface area contributed by atoms with Crippen molar-refractivity contribution >= 4 is 33.3 Å². The molecule has 0 spiro atoms. The molecule has 0 radical (unpaired) electrons. The van der Waals surface area contributed by atoms with E-state index in [9.17, 15) is 4.79 Å². The SMILES string of the molecule is Cc1cc(C)c(CC(=O)c2ccc(Br)cc2Cl)c(C)c1. The number of Topliss-reactive ketones (excluding diaryl/α,β-unsaturated/α-hetero) is 1. The first-order valence-corrected chi connectivity index (χ1v) is 7.60. The molecule has 0 saturated heterocycles. The molecule has 0 atom stereocenters. The molecule has 0 amide bonds. The third-order valence-electron chi connectivity index (χ3n) is 3.41. The molecule has 0 saturated carbocycles. The van der Waals surface area contributed by atoms with E-state index in [1.54, 1.807) is 12.1 Å². The van der Waals surface area contributed by atoms with Gasteiger partial charge in [0.2, 0.25) is 0 Å². The predicted octanol–water partition coefficient (Wildman–Crippen LogP) is 5.45. The molecule has 0 aliphatic rings. The van der Waals surface area contributed by atoms with Crippen molar-refractivity contribution in [3.8, 4) is 0 Å². The van der Waals surface area contributed by atoms with Gasteiger partial charge >= 0.3 is 0 Å². The Morgan fingerprint density at radius 1 is 1.10 bits per heavy atom. The van der Waals surface area contributed by atoms with Gasteiger partial charge in [0.15, 0.2) is 5.78 Å². The largest absolute Gasteiger partial charge is 0.294 e. The van der Waals surface area contributed by atoms with E-state index in [1.165, 1.54) is 5.56 Å². The number of hydrogen-bond acceptors (Lipinski definition) is 1. The number of rotatable bonds is 3. The van der Waals surface area contributed by atoms with Crippen LogP contribution in [0.5, 0.6) is 0 Å². The van der Waals surface area contributed by atoms with Crippen molar-refractivity contribution in [3.63, 3.8) is 0 Å². The highest BCUT2D eigenvalue weighted by molar-refractivity contribution is 9.10. The van der Waals surface area contributed by atoms with E-state index in [4.69, 9.17) is 11.6 Å². The first-order chi connectivity index (χ1) is 9.38. The lowest BCUT2D eigenvalue weighted by molar-refractivity contribution is 0.0992. The minimum Gasteiger partial charge on any atom is -0.294 e. The summed E-state index contributed by atoms with van der Waals surface area (Å²) in [7, 11) is 0. The maximum Gasteiger partial charge on any atom is 0.168 e. The number of benzene rings is 2. The summed E-state index contributed by atoms with van der Waals surface area (Å²) in [6, 6.07) is 9.59. The standard InChI is InChI=1S/C17H16BrClO/c1-10-6-11(2)15(12(3)7-10)9-17(20)14-5-4-13(18)8-16(14)19/h4-8H,9H2,1-3H3. The van der Waals surface area contributed by atoms with Gasteiger partial charge in [-0.2, -0.15) is 0 Å². The molecule has 0 unspecified atom stereocenters. The van der Waals surface area contributed by atoms with Gasteiger partial charge in [-0.1, -0.05) is 45.2 Å². The molecular weight excluding hydrogens is 336 g/mol. The van der Waals surface area contributed by atoms with Crippen LogP contribution in [0.2, 0.25) is 5.02 Å². The Bertz CT molecular complexity index is 654. The molecule has 1 nitrogen and oxygen atoms in total. The van der Waals surface area contributed by atoms with E-state index >= 15 is 0 Å². The lowest BCUT2D eigenvalue weighted by Gasteiger charge is -2.11. The van der Waals surface area contributed by atoms with Crippen LogP contribution >= 0.6 is 27.5 Å². The molecule has 2 rings (SSSR count). The number of aryl methyl sites for hydroxylation is 3. The average molecular weight is 352 g/mol. The van der Waals surface area contributed by atoms with Crippen LogP contribution in [0.4, 0.5) is 0 Å². The van der Waals surface area contributed by atoms with Gasteiger partial charge in [0.25, 0.3) is 0 Å². The fraction of sp³-hybridized carbons (Fsp3) is 0.235. The zero-order valence-electron chi connectivity index (χ0n) is 11.8. The van der Waals surface area contributed by atoms with E-state index in [1.807, 2.05) is 19.9 Å². The summed E-state index contributed by atoms with van der Waals surface area (Å²) in [5.74, 6) is 0.0533. The molecule has 0 aliphatic carbocycles. The van der Waals surface area contributed by atoms with Crippen molar-refractivity contribution in [3.05, 3.63) is 67.6 Å². The molecule has 3 heteroatoms. The van der Waals surface area contributed by atoms with Gasteiger partial charge in [0.1, 0.15) is 0 Å². The summed E-state index contributed by atoms with van der Waals surface area (Å²) in [6.45, 7) is 6.16. The summed E-state index contributed by atoms with van der Waals surface area (Å²) >= 11 is 9.49. The number of ketones is 1. The number of hydrogen-bond donors (Lipinski definition) is 0. The second-order valence-corrected chi connectivity index (χ2v) is 6.42. The van der Waals surface area contributed by atoms with Crippen LogP contribution in [-0.2, 0) is 6.42 Å². The van der Waals surface area contributed by atoms with Crippen LogP contribution in [0.25, 0.3) is 0 Å². The Hall–Kier alpha value is -1.12. The smallest absolute Gasteiger partial charge is 0.168 e. The van der Waals surface area contributed by atoms with Crippen LogP contribution in [0.3, 0.4) is 0 Å². The number of carbonyl (C=O) groups is 1. The van der Waals surface area contributed by atoms with Gasteiger partial charge < -0.3 is 0 Å². The van der Waals surface area contributed by atoms with E-state index in [0.29, 0.717) is 17.0 Å². The summed E-state index contributed by atoms with van der Waals surface area (Å²) in [4.78, 5) is 12.4. The molecule has 0 bridgehead atoms. The molecule has 0 fully saturated rings. The molecule has 0 aromatic heterocycles. The third kappa shape index (κ3) is 3.31. The number of carbonyl (C=O) groups excluding carboxylic acids is 1. The number of halogens is 2.